The summed E-state index contributed by atoms with van der Waals surface area (Å²) in [5.41, 5.74) is 0.819. The van der Waals surface area contributed by atoms with E-state index >= 15 is 0 Å². The molecule has 0 unspecified atom stereocenters. The monoisotopic (exact) mass is 306 g/mol. The third-order valence-electron chi connectivity index (χ3n) is 2.81. The van der Waals surface area contributed by atoms with Crippen molar-refractivity contribution in [3.05, 3.63) is 47.1 Å². The Morgan fingerprint density at radius 1 is 1.19 bits per heavy atom. The molecule has 0 spiro atoms. The van der Waals surface area contributed by atoms with Crippen LogP contribution < -0.4 is 14.8 Å². The van der Waals surface area contributed by atoms with Crippen LogP contribution in [0, 0.1) is 0 Å². The van der Waals surface area contributed by atoms with Crippen molar-refractivity contribution in [2.75, 3.05) is 19.5 Å². The Morgan fingerprint density at radius 2 is 1.95 bits per heavy atom. The van der Waals surface area contributed by atoms with E-state index in [4.69, 9.17) is 21.1 Å². The average molecular weight is 307 g/mol. The van der Waals surface area contributed by atoms with E-state index in [1.54, 1.807) is 38.5 Å². The van der Waals surface area contributed by atoms with Gasteiger partial charge in [-0.3, -0.25) is 4.79 Å². The van der Waals surface area contributed by atoms with Crippen molar-refractivity contribution >= 4 is 23.3 Å². The van der Waals surface area contributed by atoms with Crippen molar-refractivity contribution < 1.29 is 14.3 Å². The lowest BCUT2D eigenvalue weighted by Crippen LogP contribution is -2.15. The third-order valence-corrected chi connectivity index (χ3v) is 3.03. The zero-order chi connectivity index (χ0) is 15.2. The summed E-state index contributed by atoms with van der Waals surface area (Å²) in [5.74, 6) is 1.51. The van der Waals surface area contributed by atoms with Crippen LogP contribution in [0.25, 0.3) is 0 Å². The summed E-state index contributed by atoms with van der Waals surface area (Å²) in [6.45, 7) is 0. The first kappa shape index (κ1) is 15.1. The molecule has 5 nitrogen and oxygen atoms in total. The molecular weight excluding hydrogens is 292 g/mol. The van der Waals surface area contributed by atoms with E-state index in [1.807, 2.05) is 6.07 Å². The number of methoxy groups -OCH3 is 2. The van der Waals surface area contributed by atoms with Crippen molar-refractivity contribution in [3.63, 3.8) is 0 Å². The molecule has 0 bridgehead atoms. The molecule has 6 heteroatoms. The van der Waals surface area contributed by atoms with Gasteiger partial charge < -0.3 is 14.8 Å². The van der Waals surface area contributed by atoms with Crippen LogP contribution in [-0.4, -0.2) is 25.1 Å². The van der Waals surface area contributed by atoms with Crippen LogP contribution in [0.1, 0.15) is 5.56 Å². The topological polar surface area (TPSA) is 60.5 Å². The molecule has 2 rings (SSSR count). The number of ether oxygens (including phenoxy) is 2. The van der Waals surface area contributed by atoms with Crippen LogP contribution in [0.15, 0.2) is 36.5 Å². The van der Waals surface area contributed by atoms with Gasteiger partial charge in [0.1, 0.15) is 5.82 Å². The van der Waals surface area contributed by atoms with Crippen LogP contribution in [0.2, 0.25) is 5.02 Å². The molecule has 0 fully saturated rings. The fraction of sp³-hybridized carbons (Fsp3) is 0.200. The van der Waals surface area contributed by atoms with Gasteiger partial charge >= 0.3 is 0 Å². The van der Waals surface area contributed by atoms with Crippen molar-refractivity contribution in [3.8, 4) is 11.5 Å². The lowest BCUT2D eigenvalue weighted by molar-refractivity contribution is -0.115. The zero-order valence-electron chi connectivity index (χ0n) is 11.7. The van der Waals surface area contributed by atoms with Crippen LogP contribution in [0.4, 0.5) is 5.82 Å². The minimum absolute atomic E-state index is 0.169. The summed E-state index contributed by atoms with van der Waals surface area (Å²) in [4.78, 5) is 16.0. The molecule has 2 aromatic rings. The van der Waals surface area contributed by atoms with E-state index in [0.29, 0.717) is 22.3 Å². The summed E-state index contributed by atoms with van der Waals surface area (Å²) in [5, 5.41) is 3.22. The van der Waals surface area contributed by atoms with Crippen molar-refractivity contribution in [1.29, 1.82) is 0 Å². The Kier molecular flexibility index (Phi) is 5.00. The fourth-order valence-corrected chi connectivity index (χ4v) is 1.92. The van der Waals surface area contributed by atoms with E-state index < -0.39 is 0 Å². The molecule has 1 N–H and O–H groups in total. The van der Waals surface area contributed by atoms with Gasteiger partial charge in [0.25, 0.3) is 0 Å². The molecule has 110 valence electrons. The average Bonchev–Trinajstić information content (AvgIpc) is 2.49. The normalized spacial score (nSPS) is 10.0. The van der Waals surface area contributed by atoms with E-state index in [1.165, 1.54) is 6.20 Å². The van der Waals surface area contributed by atoms with Gasteiger partial charge in [-0.05, 0) is 29.8 Å². The maximum Gasteiger partial charge on any atom is 0.229 e. The summed E-state index contributed by atoms with van der Waals surface area (Å²) in [6, 6.07) is 8.67. The quantitative estimate of drug-likeness (QED) is 0.922. The highest BCUT2D eigenvalue weighted by Gasteiger charge is 2.09. The Bertz CT molecular complexity index is 629. The Balaban J connectivity index is 2.04. The number of anilines is 1. The molecule has 0 saturated carbocycles. The second kappa shape index (κ2) is 6.95. The molecule has 1 aromatic carbocycles. The number of aromatic nitrogens is 1. The molecular formula is C15H15ClN2O3. The molecule has 0 aliphatic rings. The highest BCUT2D eigenvalue weighted by molar-refractivity contribution is 6.30. The van der Waals surface area contributed by atoms with Gasteiger partial charge in [0.05, 0.1) is 25.7 Å². The van der Waals surface area contributed by atoms with E-state index in [-0.39, 0.29) is 12.3 Å². The second-order valence-electron chi connectivity index (χ2n) is 4.28. The van der Waals surface area contributed by atoms with Gasteiger partial charge in [-0.25, -0.2) is 4.98 Å². The smallest absolute Gasteiger partial charge is 0.229 e. The predicted octanol–water partition coefficient (Wildman–Crippen LogP) is 2.93. The van der Waals surface area contributed by atoms with E-state index in [0.717, 1.165) is 5.56 Å². The summed E-state index contributed by atoms with van der Waals surface area (Å²) in [6.07, 6.45) is 1.69. The molecule has 1 heterocycles. The molecule has 0 aliphatic heterocycles. The molecule has 0 radical (unpaired) electrons. The van der Waals surface area contributed by atoms with Gasteiger partial charge in [-0.1, -0.05) is 17.7 Å². The number of rotatable bonds is 5. The Labute approximate surface area is 127 Å². The zero-order valence-corrected chi connectivity index (χ0v) is 12.5. The molecule has 0 atom stereocenters. The highest BCUT2D eigenvalue weighted by atomic mass is 35.5. The number of carbonyl (C=O) groups is 1. The number of amides is 1. The summed E-state index contributed by atoms with van der Waals surface area (Å²) < 4.78 is 10.4. The lowest BCUT2D eigenvalue weighted by atomic mass is 10.1. The second-order valence-corrected chi connectivity index (χ2v) is 4.71. The molecule has 1 aromatic heterocycles. The van der Waals surface area contributed by atoms with Crippen molar-refractivity contribution in [1.82, 2.24) is 4.98 Å². The number of nitrogens with one attached hydrogen (secondary N) is 1. The fourth-order valence-electron chi connectivity index (χ4n) is 1.81. The standard InChI is InChI=1S/C15H15ClN2O3/c1-20-12-5-3-10(7-13(12)21-2)8-15(19)18-14-6-4-11(16)9-17-14/h3-7,9H,8H2,1-2H3,(H,17,18,19). The minimum Gasteiger partial charge on any atom is -0.493 e. The largest absolute Gasteiger partial charge is 0.493 e. The van der Waals surface area contributed by atoms with Crippen LogP contribution in [0.5, 0.6) is 11.5 Å². The molecule has 1 amide bonds. The van der Waals surface area contributed by atoms with Crippen LogP contribution in [-0.2, 0) is 11.2 Å². The summed E-state index contributed by atoms with van der Waals surface area (Å²) >= 11 is 5.74. The van der Waals surface area contributed by atoms with Gasteiger partial charge in [0.2, 0.25) is 5.91 Å². The Morgan fingerprint density at radius 3 is 2.57 bits per heavy atom. The minimum atomic E-state index is -0.169. The highest BCUT2D eigenvalue weighted by Crippen LogP contribution is 2.27. The van der Waals surface area contributed by atoms with E-state index in [9.17, 15) is 4.79 Å². The maximum absolute atomic E-state index is 12.0. The lowest BCUT2D eigenvalue weighted by Gasteiger charge is -2.09. The number of hydrogen-bond donors (Lipinski definition) is 1. The van der Waals surface area contributed by atoms with E-state index in [2.05, 4.69) is 10.3 Å². The number of carbonyl (C=O) groups excluding carboxylic acids is 1. The first-order valence-electron chi connectivity index (χ1n) is 6.24. The third kappa shape index (κ3) is 4.10. The summed E-state index contributed by atoms with van der Waals surface area (Å²) in [7, 11) is 3.12. The number of pyridine rings is 1. The molecule has 0 aliphatic carbocycles. The van der Waals surface area contributed by atoms with Gasteiger partial charge in [-0.2, -0.15) is 0 Å². The van der Waals surface area contributed by atoms with Crippen LogP contribution in [0.3, 0.4) is 0 Å². The first-order chi connectivity index (χ1) is 10.1. The Hall–Kier alpha value is -2.27. The van der Waals surface area contributed by atoms with Crippen LogP contribution >= 0.6 is 11.6 Å². The van der Waals surface area contributed by atoms with Crippen molar-refractivity contribution in [2.24, 2.45) is 0 Å². The number of nitrogens with zero attached hydrogens (tertiary/aromatic N) is 1. The van der Waals surface area contributed by atoms with Crippen molar-refractivity contribution in [2.45, 2.75) is 6.42 Å². The van der Waals surface area contributed by atoms with Gasteiger partial charge in [0.15, 0.2) is 11.5 Å². The maximum atomic E-state index is 12.0. The van der Waals surface area contributed by atoms with Gasteiger partial charge in [-0.15, -0.1) is 0 Å². The molecule has 21 heavy (non-hydrogen) atoms. The number of halogens is 1. The number of benzene rings is 1. The number of hydrogen-bond acceptors (Lipinski definition) is 4. The molecule has 0 saturated heterocycles. The predicted molar refractivity (Wildman–Crippen MR) is 81.1 cm³/mol. The van der Waals surface area contributed by atoms with Gasteiger partial charge in [0, 0.05) is 6.20 Å². The SMILES string of the molecule is COc1ccc(CC(=O)Nc2ccc(Cl)cn2)cc1OC. The first-order valence-corrected chi connectivity index (χ1v) is 6.62.